The number of carbonyl (C=O) groups is 2. The number of benzene rings is 3. The van der Waals surface area contributed by atoms with Crippen molar-refractivity contribution in [3.05, 3.63) is 70.2 Å². The maximum atomic E-state index is 12.1. The first-order valence-corrected chi connectivity index (χ1v) is 10.5. The standard InChI is InChI=1S/C23H21Cl2N3O3/c1-2-12-31-20-11-10-15-6-3-4-7-16(15)17(20)14-26-28-22(30)13-21(29)27-19-9-5-8-18(24)23(19)25/h3-11,14H,2,12-13H2,1H3,(H,27,29)(H,28,30). The van der Waals surface area contributed by atoms with E-state index in [0.717, 1.165) is 22.8 Å². The van der Waals surface area contributed by atoms with Crippen LogP contribution < -0.4 is 15.5 Å². The largest absolute Gasteiger partial charge is 0.493 e. The van der Waals surface area contributed by atoms with Crippen LogP contribution in [0.25, 0.3) is 10.8 Å². The van der Waals surface area contributed by atoms with Crippen molar-refractivity contribution in [2.45, 2.75) is 19.8 Å². The number of nitrogens with one attached hydrogen (secondary N) is 2. The molecule has 160 valence electrons. The van der Waals surface area contributed by atoms with E-state index < -0.39 is 18.2 Å². The lowest BCUT2D eigenvalue weighted by molar-refractivity contribution is -0.126. The van der Waals surface area contributed by atoms with Crippen molar-refractivity contribution in [3.63, 3.8) is 0 Å². The molecule has 3 aromatic carbocycles. The summed E-state index contributed by atoms with van der Waals surface area (Å²) >= 11 is 12.0. The summed E-state index contributed by atoms with van der Waals surface area (Å²) in [4.78, 5) is 24.3. The fourth-order valence-electron chi connectivity index (χ4n) is 2.90. The second-order valence-electron chi connectivity index (χ2n) is 6.67. The zero-order chi connectivity index (χ0) is 22.2. The normalized spacial score (nSPS) is 10.9. The van der Waals surface area contributed by atoms with E-state index in [0.29, 0.717) is 23.1 Å². The minimum Gasteiger partial charge on any atom is -0.493 e. The highest BCUT2D eigenvalue weighted by Crippen LogP contribution is 2.29. The molecule has 0 saturated heterocycles. The van der Waals surface area contributed by atoms with Crippen molar-refractivity contribution in [1.29, 1.82) is 0 Å². The number of hydrogen-bond acceptors (Lipinski definition) is 4. The topological polar surface area (TPSA) is 79.8 Å². The van der Waals surface area contributed by atoms with Crippen LogP contribution in [0.4, 0.5) is 5.69 Å². The SMILES string of the molecule is CCCOc1ccc2ccccc2c1C=NNC(=O)CC(=O)Nc1cccc(Cl)c1Cl. The molecule has 0 aliphatic carbocycles. The van der Waals surface area contributed by atoms with Gasteiger partial charge in [-0.2, -0.15) is 5.10 Å². The molecule has 0 spiro atoms. The Balaban J connectivity index is 1.67. The minimum absolute atomic E-state index is 0.214. The Morgan fingerprint density at radius 1 is 1.03 bits per heavy atom. The number of ether oxygens (including phenoxy) is 1. The molecular formula is C23H21Cl2N3O3. The summed E-state index contributed by atoms with van der Waals surface area (Å²) in [5, 5.41) is 9.07. The quantitative estimate of drug-likeness (QED) is 0.269. The van der Waals surface area contributed by atoms with E-state index in [9.17, 15) is 9.59 Å². The fourth-order valence-corrected chi connectivity index (χ4v) is 3.24. The number of anilines is 1. The van der Waals surface area contributed by atoms with E-state index in [4.69, 9.17) is 27.9 Å². The van der Waals surface area contributed by atoms with Crippen molar-refractivity contribution in [2.24, 2.45) is 5.10 Å². The zero-order valence-electron chi connectivity index (χ0n) is 16.8. The van der Waals surface area contributed by atoms with Crippen LogP contribution in [0.3, 0.4) is 0 Å². The fraction of sp³-hybridized carbons (Fsp3) is 0.174. The number of rotatable bonds is 8. The molecule has 0 aromatic heterocycles. The maximum absolute atomic E-state index is 12.1. The van der Waals surface area contributed by atoms with Crippen molar-refractivity contribution < 1.29 is 14.3 Å². The molecule has 0 atom stereocenters. The second kappa shape index (κ2) is 10.8. The zero-order valence-corrected chi connectivity index (χ0v) is 18.3. The summed E-state index contributed by atoms with van der Waals surface area (Å²) in [6.45, 7) is 2.59. The monoisotopic (exact) mass is 457 g/mol. The average molecular weight is 458 g/mol. The first-order valence-electron chi connectivity index (χ1n) is 9.70. The Morgan fingerprint density at radius 3 is 2.65 bits per heavy atom. The number of halogens is 2. The first kappa shape index (κ1) is 22.6. The van der Waals surface area contributed by atoms with Gasteiger partial charge in [0.25, 0.3) is 0 Å². The molecular weight excluding hydrogens is 437 g/mol. The molecule has 0 unspecified atom stereocenters. The number of amides is 2. The number of nitrogens with zero attached hydrogens (tertiary/aromatic N) is 1. The Morgan fingerprint density at radius 2 is 1.84 bits per heavy atom. The third-order valence-corrected chi connectivity index (χ3v) is 5.14. The highest BCUT2D eigenvalue weighted by atomic mass is 35.5. The van der Waals surface area contributed by atoms with Crippen molar-refractivity contribution >= 4 is 57.7 Å². The smallest absolute Gasteiger partial charge is 0.249 e. The van der Waals surface area contributed by atoms with Crippen molar-refractivity contribution in [2.75, 3.05) is 11.9 Å². The molecule has 0 aliphatic rings. The highest BCUT2D eigenvalue weighted by molar-refractivity contribution is 6.44. The van der Waals surface area contributed by atoms with Gasteiger partial charge in [-0.05, 0) is 35.4 Å². The van der Waals surface area contributed by atoms with Crippen LogP contribution in [0.2, 0.25) is 10.0 Å². The number of carbonyl (C=O) groups excluding carboxylic acids is 2. The Hall–Kier alpha value is -3.09. The Kier molecular flexibility index (Phi) is 7.87. The van der Waals surface area contributed by atoms with Crippen LogP contribution in [0.1, 0.15) is 25.3 Å². The molecule has 0 aliphatic heterocycles. The van der Waals surface area contributed by atoms with Gasteiger partial charge in [-0.1, -0.05) is 66.5 Å². The molecule has 0 radical (unpaired) electrons. The van der Waals surface area contributed by atoms with Crippen LogP contribution >= 0.6 is 23.2 Å². The lowest BCUT2D eigenvalue weighted by atomic mass is 10.0. The van der Waals surface area contributed by atoms with Crippen LogP contribution in [0.15, 0.2) is 59.7 Å². The number of hydrogen-bond donors (Lipinski definition) is 2. The van der Waals surface area contributed by atoms with Crippen LogP contribution in [0, 0.1) is 0 Å². The molecule has 31 heavy (non-hydrogen) atoms. The molecule has 0 saturated carbocycles. The van der Waals surface area contributed by atoms with E-state index in [1.165, 1.54) is 6.21 Å². The summed E-state index contributed by atoms with van der Waals surface area (Å²) in [5.74, 6) is -0.427. The highest BCUT2D eigenvalue weighted by Gasteiger charge is 2.12. The summed E-state index contributed by atoms with van der Waals surface area (Å²) in [6.07, 6.45) is 1.97. The van der Waals surface area contributed by atoms with Gasteiger partial charge in [0, 0.05) is 5.56 Å². The van der Waals surface area contributed by atoms with Gasteiger partial charge < -0.3 is 10.1 Å². The van der Waals surface area contributed by atoms with Gasteiger partial charge >= 0.3 is 0 Å². The molecule has 3 rings (SSSR count). The molecule has 2 N–H and O–H groups in total. The van der Waals surface area contributed by atoms with Gasteiger partial charge in [0.05, 0.1) is 28.6 Å². The van der Waals surface area contributed by atoms with E-state index >= 15 is 0 Å². The van der Waals surface area contributed by atoms with E-state index in [1.807, 2.05) is 43.3 Å². The molecule has 0 fully saturated rings. The van der Waals surface area contributed by atoms with Crippen LogP contribution in [-0.4, -0.2) is 24.6 Å². The van der Waals surface area contributed by atoms with Crippen molar-refractivity contribution in [1.82, 2.24) is 5.43 Å². The van der Waals surface area contributed by atoms with Gasteiger partial charge in [0.2, 0.25) is 11.8 Å². The lowest BCUT2D eigenvalue weighted by Crippen LogP contribution is -2.24. The average Bonchev–Trinajstić information content (AvgIpc) is 2.76. The second-order valence-corrected chi connectivity index (χ2v) is 7.45. The number of fused-ring (bicyclic) bond motifs is 1. The van der Waals surface area contributed by atoms with Gasteiger partial charge in [-0.25, -0.2) is 5.43 Å². The van der Waals surface area contributed by atoms with Gasteiger partial charge in [-0.15, -0.1) is 0 Å². The molecule has 8 heteroatoms. The molecule has 0 heterocycles. The van der Waals surface area contributed by atoms with Crippen LogP contribution in [0.5, 0.6) is 5.75 Å². The molecule has 3 aromatic rings. The van der Waals surface area contributed by atoms with Crippen molar-refractivity contribution in [3.8, 4) is 5.75 Å². The summed E-state index contributed by atoms with van der Waals surface area (Å²) < 4.78 is 5.81. The molecule has 6 nitrogen and oxygen atoms in total. The molecule has 0 bridgehead atoms. The van der Waals surface area contributed by atoms with Gasteiger partial charge in [0.15, 0.2) is 0 Å². The summed E-state index contributed by atoms with van der Waals surface area (Å²) in [7, 11) is 0. The summed E-state index contributed by atoms with van der Waals surface area (Å²) in [6, 6.07) is 16.5. The van der Waals surface area contributed by atoms with E-state index in [-0.39, 0.29) is 5.02 Å². The molecule has 2 amide bonds. The van der Waals surface area contributed by atoms with E-state index in [2.05, 4.69) is 15.8 Å². The summed E-state index contributed by atoms with van der Waals surface area (Å²) in [5.41, 5.74) is 3.47. The van der Waals surface area contributed by atoms with Gasteiger partial charge in [-0.3, -0.25) is 9.59 Å². The predicted molar refractivity (Wildman–Crippen MR) is 125 cm³/mol. The van der Waals surface area contributed by atoms with E-state index in [1.54, 1.807) is 18.2 Å². The third-order valence-electron chi connectivity index (χ3n) is 4.32. The maximum Gasteiger partial charge on any atom is 0.249 e. The third kappa shape index (κ3) is 5.96. The first-order chi connectivity index (χ1) is 15.0. The minimum atomic E-state index is -0.567. The van der Waals surface area contributed by atoms with Crippen LogP contribution in [-0.2, 0) is 9.59 Å². The Bertz CT molecular complexity index is 1130. The predicted octanol–water partition coefficient (Wildman–Crippen LogP) is 5.41. The van der Waals surface area contributed by atoms with Gasteiger partial charge in [0.1, 0.15) is 12.2 Å². The lowest BCUT2D eigenvalue weighted by Gasteiger charge is -2.11. The Labute approximate surface area is 190 Å². The number of hydrazone groups is 1.